The highest BCUT2D eigenvalue weighted by Gasteiger charge is 1.92. The topological polar surface area (TPSA) is 29.1 Å². The molecule has 0 aliphatic rings. The van der Waals surface area contributed by atoms with Crippen molar-refractivity contribution in [1.82, 2.24) is 5.32 Å². The highest BCUT2D eigenvalue weighted by molar-refractivity contribution is 5.72. The van der Waals surface area contributed by atoms with Crippen molar-refractivity contribution < 1.29 is 4.79 Å². The van der Waals surface area contributed by atoms with Crippen molar-refractivity contribution in [2.75, 3.05) is 6.54 Å². The largest absolute Gasteiger partial charge is 0.356 e. The van der Waals surface area contributed by atoms with Gasteiger partial charge < -0.3 is 5.32 Å². The van der Waals surface area contributed by atoms with Crippen LogP contribution < -0.4 is 5.32 Å². The van der Waals surface area contributed by atoms with Crippen LogP contribution in [0.4, 0.5) is 0 Å². The van der Waals surface area contributed by atoms with Gasteiger partial charge in [-0.1, -0.05) is 24.3 Å². The fourth-order valence-electron chi connectivity index (χ4n) is 0.921. The van der Waals surface area contributed by atoms with Gasteiger partial charge in [0.1, 0.15) is 0 Å². The van der Waals surface area contributed by atoms with E-state index < -0.39 is 0 Å². The van der Waals surface area contributed by atoms with Crippen LogP contribution in [0.1, 0.15) is 26.7 Å². The van der Waals surface area contributed by atoms with Crippen LogP contribution >= 0.6 is 0 Å². The van der Waals surface area contributed by atoms with E-state index >= 15 is 0 Å². The molecule has 2 nitrogen and oxygen atoms in total. The first-order valence-electron chi connectivity index (χ1n) is 4.22. The Morgan fingerprint density at radius 3 is 2.67 bits per heavy atom. The van der Waals surface area contributed by atoms with Crippen molar-refractivity contribution in [3.05, 3.63) is 24.3 Å². The van der Waals surface area contributed by atoms with E-state index in [1.807, 2.05) is 19.1 Å². The third-order valence-corrected chi connectivity index (χ3v) is 1.65. The number of carbonyl (C=O) groups excluding carboxylic acids is 1. The molecule has 0 aliphatic heterocycles. The van der Waals surface area contributed by atoms with E-state index in [-0.39, 0.29) is 5.91 Å². The molecule has 0 saturated carbocycles. The van der Waals surface area contributed by atoms with Crippen LogP contribution in [0, 0.1) is 0 Å². The van der Waals surface area contributed by atoms with Gasteiger partial charge in [0.15, 0.2) is 0 Å². The van der Waals surface area contributed by atoms with Crippen molar-refractivity contribution >= 4 is 5.91 Å². The molecule has 0 bridgehead atoms. The Balaban J connectivity index is 3.42. The SMILES string of the molecule is C=C/C(=C\C)CCCNC(C)=O. The van der Waals surface area contributed by atoms with Crippen molar-refractivity contribution in [2.24, 2.45) is 0 Å². The summed E-state index contributed by atoms with van der Waals surface area (Å²) in [6.45, 7) is 7.97. The quantitative estimate of drug-likeness (QED) is 0.492. The molecule has 0 radical (unpaired) electrons. The summed E-state index contributed by atoms with van der Waals surface area (Å²) in [6.07, 6.45) is 5.86. The van der Waals surface area contributed by atoms with Crippen LogP contribution in [-0.4, -0.2) is 12.5 Å². The Hall–Kier alpha value is -1.05. The predicted octanol–water partition coefficient (Wildman–Crippen LogP) is 2.04. The maximum Gasteiger partial charge on any atom is 0.216 e. The van der Waals surface area contributed by atoms with Gasteiger partial charge in [0.25, 0.3) is 0 Å². The smallest absolute Gasteiger partial charge is 0.216 e. The van der Waals surface area contributed by atoms with E-state index in [9.17, 15) is 4.79 Å². The fraction of sp³-hybridized carbons (Fsp3) is 0.500. The van der Waals surface area contributed by atoms with Gasteiger partial charge in [-0.2, -0.15) is 0 Å². The zero-order valence-electron chi connectivity index (χ0n) is 7.89. The minimum Gasteiger partial charge on any atom is -0.356 e. The first kappa shape index (κ1) is 11.0. The Labute approximate surface area is 74.4 Å². The molecular formula is C10H17NO. The van der Waals surface area contributed by atoms with E-state index in [0.29, 0.717) is 0 Å². The van der Waals surface area contributed by atoms with Gasteiger partial charge in [0, 0.05) is 13.5 Å². The molecule has 2 heteroatoms. The molecule has 0 atom stereocenters. The average molecular weight is 167 g/mol. The molecule has 0 fully saturated rings. The third-order valence-electron chi connectivity index (χ3n) is 1.65. The van der Waals surface area contributed by atoms with Gasteiger partial charge in [-0.3, -0.25) is 4.79 Å². The summed E-state index contributed by atoms with van der Waals surface area (Å²) in [5, 5.41) is 2.75. The molecular weight excluding hydrogens is 150 g/mol. The predicted molar refractivity (Wildman–Crippen MR) is 51.9 cm³/mol. The van der Waals surface area contributed by atoms with E-state index in [0.717, 1.165) is 19.4 Å². The molecule has 68 valence electrons. The number of hydrogen-bond donors (Lipinski definition) is 1. The second-order valence-electron chi connectivity index (χ2n) is 2.65. The summed E-state index contributed by atoms with van der Waals surface area (Å²) >= 11 is 0. The number of hydrogen-bond acceptors (Lipinski definition) is 1. The summed E-state index contributed by atoms with van der Waals surface area (Å²) < 4.78 is 0. The zero-order chi connectivity index (χ0) is 9.40. The Morgan fingerprint density at radius 2 is 2.25 bits per heavy atom. The maximum atomic E-state index is 10.5. The lowest BCUT2D eigenvalue weighted by Gasteiger charge is -2.02. The highest BCUT2D eigenvalue weighted by Crippen LogP contribution is 2.04. The summed E-state index contributed by atoms with van der Waals surface area (Å²) in [6, 6.07) is 0. The van der Waals surface area contributed by atoms with E-state index in [1.165, 1.54) is 12.5 Å². The minimum atomic E-state index is 0.0376. The summed E-state index contributed by atoms with van der Waals surface area (Å²) in [4.78, 5) is 10.5. The van der Waals surface area contributed by atoms with Crippen LogP contribution in [0.5, 0.6) is 0 Å². The number of nitrogens with one attached hydrogen (secondary N) is 1. The highest BCUT2D eigenvalue weighted by atomic mass is 16.1. The fourth-order valence-corrected chi connectivity index (χ4v) is 0.921. The lowest BCUT2D eigenvalue weighted by atomic mass is 10.1. The van der Waals surface area contributed by atoms with Crippen molar-refractivity contribution in [2.45, 2.75) is 26.7 Å². The van der Waals surface area contributed by atoms with Crippen LogP contribution in [-0.2, 0) is 4.79 Å². The lowest BCUT2D eigenvalue weighted by molar-refractivity contribution is -0.118. The molecule has 0 spiro atoms. The van der Waals surface area contributed by atoms with Gasteiger partial charge in [-0.05, 0) is 19.8 Å². The molecule has 0 aromatic carbocycles. The molecule has 12 heavy (non-hydrogen) atoms. The standard InChI is InChI=1S/C10H17NO/c1-4-10(5-2)7-6-8-11-9(3)12/h4-5H,1,6-8H2,2-3H3,(H,11,12)/b10-5+. The second kappa shape index (κ2) is 6.65. The molecule has 0 saturated heterocycles. The second-order valence-corrected chi connectivity index (χ2v) is 2.65. The van der Waals surface area contributed by atoms with Gasteiger partial charge >= 0.3 is 0 Å². The lowest BCUT2D eigenvalue weighted by Crippen LogP contribution is -2.20. The van der Waals surface area contributed by atoms with Gasteiger partial charge in [0.2, 0.25) is 5.91 Å². The molecule has 0 aliphatic carbocycles. The number of rotatable bonds is 5. The van der Waals surface area contributed by atoms with Crippen LogP contribution in [0.3, 0.4) is 0 Å². The van der Waals surface area contributed by atoms with Crippen LogP contribution in [0.2, 0.25) is 0 Å². The first-order valence-corrected chi connectivity index (χ1v) is 4.22. The number of allylic oxidation sites excluding steroid dienone is 3. The molecule has 0 heterocycles. The van der Waals surface area contributed by atoms with Crippen molar-refractivity contribution in [1.29, 1.82) is 0 Å². The molecule has 0 unspecified atom stereocenters. The maximum absolute atomic E-state index is 10.5. The van der Waals surface area contributed by atoms with E-state index in [1.54, 1.807) is 0 Å². The minimum absolute atomic E-state index is 0.0376. The summed E-state index contributed by atoms with van der Waals surface area (Å²) in [5.41, 5.74) is 1.24. The zero-order valence-corrected chi connectivity index (χ0v) is 7.89. The summed E-state index contributed by atoms with van der Waals surface area (Å²) in [5.74, 6) is 0.0376. The number of amides is 1. The van der Waals surface area contributed by atoms with Gasteiger partial charge in [-0.15, -0.1) is 0 Å². The van der Waals surface area contributed by atoms with Crippen LogP contribution in [0.15, 0.2) is 24.3 Å². The Kier molecular flexibility index (Phi) is 6.07. The van der Waals surface area contributed by atoms with Gasteiger partial charge in [-0.25, -0.2) is 0 Å². The molecule has 0 rings (SSSR count). The molecule has 0 aromatic heterocycles. The van der Waals surface area contributed by atoms with Gasteiger partial charge in [0.05, 0.1) is 0 Å². The monoisotopic (exact) mass is 167 g/mol. The third kappa shape index (κ3) is 5.71. The Morgan fingerprint density at radius 1 is 1.58 bits per heavy atom. The van der Waals surface area contributed by atoms with E-state index in [2.05, 4.69) is 11.9 Å². The first-order chi connectivity index (χ1) is 5.70. The molecule has 0 aromatic rings. The van der Waals surface area contributed by atoms with Crippen molar-refractivity contribution in [3.8, 4) is 0 Å². The number of carbonyl (C=O) groups is 1. The molecule has 1 N–H and O–H groups in total. The summed E-state index contributed by atoms with van der Waals surface area (Å²) in [7, 11) is 0. The van der Waals surface area contributed by atoms with E-state index in [4.69, 9.17) is 0 Å². The van der Waals surface area contributed by atoms with Crippen molar-refractivity contribution in [3.63, 3.8) is 0 Å². The normalized spacial score (nSPS) is 11.0. The molecule has 1 amide bonds. The average Bonchev–Trinajstić information content (AvgIpc) is 2.04. The Bertz CT molecular complexity index is 182. The van der Waals surface area contributed by atoms with Crippen LogP contribution in [0.25, 0.3) is 0 Å².